The fourth-order valence-electron chi connectivity index (χ4n) is 2.56. The van der Waals surface area contributed by atoms with E-state index in [1.165, 1.54) is 16.9 Å². The average Bonchev–Trinajstić information content (AvgIpc) is 3.42. The molecule has 3 aromatic heterocycles. The Labute approximate surface area is 205 Å². The van der Waals surface area contributed by atoms with E-state index in [2.05, 4.69) is 64.9 Å². The molecule has 0 N–H and O–H groups in total. The van der Waals surface area contributed by atoms with E-state index < -0.39 is 4.30 Å². The first-order chi connectivity index (χ1) is 15.2. The van der Waals surface area contributed by atoms with Gasteiger partial charge in [-0.05, 0) is 47.1 Å². The number of hydrogen-bond donors (Lipinski definition) is 0. The van der Waals surface area contributed by atoms with Crippen LogP contribution >= 0.6 is 46.1 Å². The molecule has 9 heteroatoms. The first-order valence-electron chi connectivity index (χ1n) is 9.47. The summed E-state index contributed by atoms with van der Waals surface area (Å²) >= 11 is 15.9. The molecule has 0 saturated carbocycles. The topological polar surface area (TPSA) is 64.7 Å². The van der Waals surface area contributed by atoms with Crippen molar-refractivity contribution in [2.45, 2.75) is 30.5 Å². The summed E-state index contributed by atoms with van der Waals surface area (Å²) in [5, 5.41) is 8.38. The maximum absolute atomic E-state index is 5.88. The van der Waals surface area contributed by atoms with Crippen molar-refractivity contribution in [2.24, 2.45) is 0 Å². The summed E-state index contributed by atoms with van der Waals surface area (Å²) in [5.41, 5.74) is 2.92. The number of hydrogen-bond acceptors (Lipinski definition) is 6. The van der Waals surface area contributed by atoms with Crippen LogP contribution in [0.25, 0.3) is 22.2 Å². The van der Waals surface area contributed by atoms with E-state index in [1.54, 1.807) is 18.6 Å². The van der Waals surface area contributed by atoms with Gasteiger partial charge in [-0.15, -0.1) is 21.5 Å². The summed E-state index contributed by atoms with van der Waals surface area (Å²) in [5.74, 6) is 7.08. The average molecular weight is 506 g/mol. The molecule has 0 aliphatic heterocycles. The Balaban J connectivity index is 0.000000668. The molecule has 0 fully saturated rings. The van der Waals surface area contributed by atoms with Gasteiger partial charge in [0.05, 0.1) is 16.0 Å². The number of rotatable bonds is 2. The van der Waals surface area contributed by atoms with Crippen molar-refractivity contribution in [3.05, 3.63) is 71.1 Å². The fourth-order valence-corrected chi connectivity index (χ4v) is 3.34. The lowest BCUT2D eigenvalue weighted by molar-refractivity contribution is 0.583. The number of aromatic nitrogens is 4. The molecule has 0 saturated heterocycles. The van der Waals surface area contributed by atoms with E-state index in [1.807, 2.05) is 24.3 Å². The molecule has 0 spiro atoms. The van der Waals surface area contributed by atoms with Gasteiger partial charge < -0.3 is 4.42 Å². The van der Waals surface area contributed by atoms with E-state index in [0.29, 0.717) is 17.5 Å². The van der Waals surface area contributed by atoms with E-state index >= 15 is 0 Å². The van der Waals surface area contributed by atoms with Crippen LogP contribution in [0.2, 0.25) is 0 Å². The Kier molecular flexibility index (Phi) is 8.27. The van der Waals surface area contributed by atoms with Crippen molar-refractivity contribution < 1.29 is 4.42 Å². The number of halogens is 3. The van der Waals surface area contributed by atoms with Gasteiger partial charge in [0, 0.05) is 18.0 Å². The van der Waals surface area contributed by atoms with Gasteiger partial charge in [0.1, 0.15) is 5.69 Å². The molecule has 0 radical (unpaired) electrons. The summed E-state index contributed by atoms with van der Waals surface area (Å²) in [6, 6.07) is 12.1. The summed E-state index contributed by atoms with van der Waals surface area (Å²) in [4.78, 5) is 9.93. The molecule has 32 heavy (non-hydrogen) atoms. The maximum atomic E-state index is 5.88. The highest BCUT2D eigenvalue weighted by Crippen LogP contribution is 2.30. The van der Waals surface area contributed by atoms with Crippen molar-refractivity contribution in [1.29, 1.82) is 0 Å². The molecular weight excluding hydrogens is 487 g/mol. The third-order valence-corrected chi connectivity index (χ3v) is 5.11. The summed E-state index contributed by atoms with van der Waals surface area (Å²) in [7, 11) is 0. The Hall–Kier alpha value is -2.43. The molecule has 4 aromatic rings. The highest BCUT2D eigenvalue weighted by molar-refractivity contribution is 7.15. The Bertz CT molecular complexity index is 1200. The minimum Gasteiger partial charge on any atom is -0.415 e. The zero-order valence-corrected chi connectivity index (χ0v) is 20.6. The Morgan fingerprint density at radius 1 is 0.906 bits per heavy atom. The second kappa shape index (κ2) is 10.9. The van der Waals surface area contributed by atoms with Gasteiger partial charge in [0.2, 0.25) is 5.89 Å². The molecular formula is C23H19Cl3N4OS. The predicted molar refractivity (Wildman–Crippen MR) is 131 cm³/mol. The quantitative estimate of drug-likeness (QED) is 0.218. The van der Waals surface area contributed by atoms with Crippen LogP contribution in [-0.4, -0.2) is 24.5 Å². The number of benzene rings is 1. The van der Waals surface area contributed by atoms with E-state index in [-0.39, 0.29) is 5.41 Å². The Morgan fingerprint density at radius 2 is 1.59 bits per heavy atom. The van der Waals surface area contributed by atoms with Gasteiger partial charge >= 0.3 is 0 Å². The van der Waals surface area contributed by atoms with Crippen molar-refractivity contribution in [3.8, 4) is 34.1 Å². The highest BCUT2D eigenvalue weighted by Gasteiger charge is 2.15. The molecule has 0 bridgehead atoms. The lowest BCUT2D eigenvalue weighted by atomic mass is 9.87. The molecule has 4 rings (SSSR count). The third-order valence-electron chi connectivity index (χ3n) is 4.12. The summed E-state index contributed by atoms with van der Waals surface area (Å²) in [6.07, 6.45) is 4.88. The number of thiophene rings is 1. The fraction of sp³-hybridized carbons (Fsp3) is 0.217. The minimum absolute atomic E-state index is 0.109. The molecule has 164 valence electrons. The SMILES string of the molecule is CC(C)(C)c1ccc(-c2nnc(-c3ccc(C#Cc4cnccn4)s3)o2)cc1.ClC(Cl)Cl. The second-order valence-electron chi connectivity index (χ2n) is 7.49. The first-order valence-corrected chi connectivity index (χ1v) is 11.6. The summed E-state index contributed by atoms with van der Waals surface area (Å²) < 4.78 is 5.13. The van der Waals surface area contributed by atoms with Gasteiger partial charge in [-0.1, -0.05) is 67.7 Å². The van der Waals surface area contributed by atoms with Gasteiger partial charge in [-0.2, -0.15) is 0 Å². The second-order valence-corrected chi connectivity index (χ2v) is 10.6. The van der Waals surface area contributed by atoms with Crippen LogP contribution in [0.15, 0.2) is 59.4 Å². The van der Waals surface area contributed by atoms with Crippen LogP contribution in [0.4, 0.5) is 0 Å². The largest absolute Gasteiger partial charge is 0.415 e. The monoisotopic (exact) mass is 504 g/mol. The first kappa shape index (κ1) is 24.2. The maximum Gasteiger partial charge on any atom is 0.258 e. The molecule has 0 atom stereocenters. The lowest BCUT2D eigenvalue weighted by Crippen LogP contribution is -2.10. The standard InChI is InChI=1S/C22H18N4OS.CHCl3/c1-22(2,3)16-6-4-15(5-7-16)20-25-26-21(27-20)19-11-10-18(28-19)9-8-17-14-23-12-13-24-17;2-1(3)4/h4-7,10-14H,1-3H3;1H. The van der Waals surface area contributed by atoms with Crippen molar-refractivity contribution in [2.75, 3.05) is 0 Å². The van der Waals surface area contributed by atoms with Crippen LogP contribution in [0.1, 0.15) is 36.9 Å². The van der Waals surface area contributed by atoms with Crippen LogP contribution in [0.3, 0.4) is 0 Å². The van der Waals surface area contributed by atoms with Crippen molar-refractivity contribution >= 4 is 46.1 Å². The lowest BCUT2D eigenvalue weighted by Gasteiger charge is -2.18. The van der Waals surface area contributed by atoms with E-state index in [0.717, 1.165) is 15.3 Å². The molecule has 0 aliphatic rings. The van der Waals surface area contributed by atoms with E-state index in [4.69, 9.17) is 39.2 Å². The predicted octanol–water partition coefficient (Wildman–Crippen LogP) is 6.94. The van der Waals surface area contributed by atoms with Crippen molar-refractivity contribution in [1.82, 2.24) is 20.2 Å². The van der Waals surface area contributed by atoms with Crippen LogP contribution in [0.5, 0.6) is 0 Å². The van der Waals surface area contributed by atoms with E-state index in [9.17, 15) is 0 Å². The Morgan fingerprint density at radius 3 is 2.22 bits per heavy atom. The summed E-state index contributed by atoms with van der Waals surface area (Å²) in [6.45, 7) is 6.57. The zero-order valence-electron chi connectivity index (χ0n) is 17.5. The van der Waals surface area contributed by atoms with Gasteiger partial charge in [-0.25, -0.2) is 4.98 Å². The van der Waals surface area contributed by atoms with Crippen LogP contribution in [0, 0.1) is 11.8 Å². The van der Waals surface area contributed by atoms with Gasteiger partial charge in [-0.3, -0.25) is 4.98 Å². The molecule has 0 aliphatic carbocycles. The van der Waals surface area contributed by atoms with Gasteiger partial charge in [0.25, 0.3) is 5.89 Å². The third kappa shape index (κ3) is 7.04. The number of alkyl halides is 3. The van der Waals surface area contributed by atoms with Crippen molar-refractivity contribution in [3.63, 3.8) is 0 Å². The van der Waals surface area contributed by atoms with Gasteiger partial charge in [0.15, 0.2) is 4.30 Å². The molecule has 1 aromatic carbocycles. The smallest absolute Gasteiger partial charge is 0.258 e. The number of nitrogens with zero attached hydrogens (tertiary/aromatic N) is 4. The van der Waals surface area contributed by atoms with Crippen LogP contribution < -0.4 is 0 Å². The molecule has 0 amide bonds. The molecule has 3 heterocycles. The zero-order chi connectivity index (χ0) is 23.1. The van der Waals surface area contributed by atoms with Crippen LogP contribution in [-0.2, 0) is 5.41 Å². The normalized spacial score (nSPS) is 10.8. The molecule has 0 unspecified atom stereocenters. The molecule has 5 nitrogen and oxygen atoms in total. The minimum atomic E-state index is -0.750. The highest BCUT2D eigenvalue weighted by atomic mass is 35.6.